The van der Waals surface area contributed by atoms with Crippen molar-refractivity contribution in [3.05, 3.63) is 46.3 Å². The van der Waals surface area contributed by atoms with E-state index < -0.39 is 10.8 Å². The highest BCUT2D eigenvalue weighted by molar-refractivity contribution is 5.99. The zero-order valence-corrected chi connectivity index (χ0v) is 13.0. The maximum Gasteiger partial charge on any atom is 0.286 e. The van der Waals surface area contributed by atoms with E-state index in [2.05, 4.69) is 10.4 Å². The van der Waals surface area contributed by atoms with Crippen LogP contribution in [0, 0.1) is 10.1 Å². The zero-order valence-electron chi connectivity index (χ0n) is 13.0. The van der Waals surface area contributed by atoms with Crippen LogP contribution in [-0.2, 0) is 6.54 Å². The Morgan fingerprint density at radius 3 is 2.75 bits per heavy atom. The molecule has 1 aliphatic rings. The third-order valence-corrected chi connectivity index (χ3v) is 3.50. The van der Waals surface area contributed by atoms with Crippen molar-refractivity contribution in [1.82, 2.24) is 15.1 Å². The smallest absolute Gasteiger partial charge is 0.286 e. The summed E-state index contributed by atoms with van der Waals surface area (Å²) in [6, 6.07) is 4.09. The molecule has 9 heteroatoms. The van der Waals surface area contributed by atoms with Crippen LogP contribution in [-0.4, -0.2) is 39.9 Å². The number of rotatable bonds is 5. The third kappa shape index (κ3) is 3.29. The van der Waals surface area contributed by atoms with Crippen LogP contribution in [0.25, 0.3) is 0 Å². The van der Waals surface area contributed by atoms with E-state index in [1.807, 2.05) is 0 Å². The van der Waals surface area contributed by atoms with E-state index >= 15 is 0 Å². The predicted octanol–water partition coefficient (Wildman–Crippen LogP) is 1.38. The van der Waals surface area contributed by atoms with Crippen LogP contribution < -0.4 is 14.8 Å². The van der Waals surface area contributed by atoms with Gasteiger partial charge in [-0.25, -0.2) is 0 Å². The number of ether oxygens (including phenoxy) is 2. The first-order valence-corrected chi connectivity index (χ1v) is 7.41. The molecule has 9 nitrogen and oxygen atoms in total. The molecular weight excluding hydrogens is 316 g/mol. The van der Waals surface area contributed by atoms with Gasteiger partial charge in [-0.15, -0.1) is 0 Å². The summed E-state index contributed by atoms with van der Waals surface area (Å²) in [6.45, 7) is 2.90. The van der Waals surface area contributed by atoms with E-state index in [-0.39, 0.29) is 23.0 Å². The summed E-state index contributed by atoms with van der Waals surface area (Å²) in [4.78, 5) is 23.1. The van der Waals surface area contributed by atoms with Gasteiger partial charge in [-0.3, -0.25) is 19.6 Å². The molecule has 0 radical (unpaired) electrons. The van der Waals surface area contributed by atoms with Gasteiger partial charge in [0.15, 0.2) is 11.5 Å². The van der Waals surface area contributed by atoms with Crippen molar-refractivity contribution < 1.29 is 19.2 Å². The van der Waals surface area contributed by atoms with Crippen molar-refractivity contribution in [1.29, 1.82) is 0 Å². The molecule has 1 N–H and O–H groups in total. The quantitative estimate of drug-likeness (QED) is 0.654. The van der Waals surface area contributed by atoms with Crippen LogP contribution in [0.4, 0.5) is 5.69 Å². The second-order valence-electron chi connectivity index (χ2n) is 5.37. The van der Waals surface area contributed by atoms with Crippen LogP contribution in [0.2, 0.25) is 0 Å². The van der Waals surface area contributed by atoms with Crippen LogP contribution in [0.15, 0.2) is 30.6 Å². The van der Waals surface area contributed by atoms with Gasteiger partial charge in [0.1, 0.15) is 18.8 Å². The minimum atomic E-state index is -0.606. The monoisotopic (exact) mass is 332 g/mol. The summed E-state index contributed by atoms with van der Waals surface area (Å²) in [5.74, 6) is 0.0594. The minimum Gasteiger partial charge on any atom is -0.486 e. The second-order valence-corrected chi connectivity index (χ2v) is 5.37. The predicted molar refractivity (Wildman–Crippen MR) is 83.2 cm³/mol. The number of benzene rings is 1. The summed E-state index contributed by atoms with van der Waals surface area (Å²) < 4.78 is 12.4. The van der Waals surface area contributed by atoms with E-state index in [4.69, 9.17) is 9.47 Å². The summed E-state index contributed by atoms with van der Waals surface area (Å²) in [7, 11) is 0. The minimum absolute atomic E-state index is 0.0587. The van der Waals surface area contributed by atoms with Gasteiger partial charge in [-0.2, -0.15) is 5.10 Å². The lowest BCUT2D eigenvalue weighted by Gasteiger charge is -2.19. The largest absolute Gasteiger partial charge is 0.486 e. The summed E-state index contributed by atoms with van der Waals surface area (Å²) in [5.41, 5.74) is -0.375. The highest BCUT2D eigenvalue weighted by Crippen LogP contribution is 2.36. The average molecular weight is 332 g/mol. The number of hydrogen-bond donors (Lipinski definition) is 1. The molecule has 2 heterocycles. The molecule has 3 rings (SSSR count). The molecule has 126 valence electrons. The van der Waals surface area contributed by atoms with Gasteiger partial charge in [-0.05, 0) is 13.0 Å². The maximum absolute atomic E-state index is 12.5. The Kier molecular flexibility index (Phi) is 4.32. The molecule has 1 aromatic heterocycles. The number of amides is 1. The Morgan fingerprint density at radius 1 is 1.42 bits per heavy atom. The number of carbonyl (C=O) groups is 1. The summed E-state index contributed by atoms with van der Waals surface area (Å²) in [6.07, 6.45) is 3.41. The highest BCUT2D eigenvalue weighted by Gasteiger charge is 2.27. The molecule has 1 aromatic carbocycles. The summed E-state index contributed by atoms with van der Waals surface area (Å²) in [5, 5.41) is 18.1. The number of nitrogens with zero attached hydrogens (tertiary/aromatic N) is 3. The maximum atomic E-state index is 12.5. The Hall–Kier alpha value is -3.10. The molecule has 0 unspecified atom stereocenters. The lowest BCUT2D eigenvalue weighted by molar-refractivity contribution is -0.385. The number of nitro benzene ring substituents is 1. The second kappa shape index (κ2) is 6.57. The highest BCUT2D eigenvalue weighted by atomic mass is 16.6. The molecule has 0 spiro atoms. The third-order valence-electron chi connectivity index (χ3n) is 3.50. The number of nitro groups is 1. The van der Waals surface area contributed by atoms with Crippen molar-refractivity contribution in [3.63, 3.8) is 0 Å². The normalized spacial score (nSPS) is 14.0. The van der Waals surface area contributed by atoms with Gasteiger partial charge < -0.3 is 14.8 Å². The van der Waals surface area contributed by atoms with Crippen molar-refractivity contribution in [2.75, 3.05) is 13.2 Å². The van der Waals surface area contributed by atoms with Crippen LogP contribution in [0.3, 0.4) is 0 Å². The van der Waals surface area contributed by atoms with E-state index in [0.717, 1.165) is 0 Å². The zero-order chi connectivity index (χ0) is 17.1. The Balaban J connectivity index is 1.81. The van der Waals surface area contributed by atoms with Gasteiger partial charge in [0.25, 0.3) is 11.6 Å². The van der Waals surface area contributed by atoms with Crippen molar-refractivity contribution in [2.24, 2.45) is 0 Å². The topological polar surface area (TPSA) is 109 Å². The van der Waals surface area contributed by atoms with Gasteiger partial charge >= 0.3 is 0 Å². The van der Waals surface area contributed by atoms with Crippen molar-refractivity contribution in [2.45, 2.75) is 19.5 Å². The van der Waals surface area contributed by atoms with E-state index in [1.165, 1.54) is 12.1 Å². The standard InChI is InChI=1S/C15H16N4O5/c1-10(9-18-4-2-3-16-18)17-15(20)11-7-13-14(24-6-5-23-13)8-12(11)19(21)22/h2-4,7-8,10H,5-6,9H2,1H3,(H,17,20)/t10-/m1/s1. The van der Waals surface area contributed by atoms with Gasteiger partial charge in [0.05, 0.1) is 17.5 Å². The first kappa shape index (κ1) is 15.8. The fourth-order valence-corrected chi connectivity index (χ4v) is 2.45. The number of nitrogens with one attached hydrogen (secondary N) is 1. The van der Waals surface area contributed by atoms with Gasteiger partial charge in [-0.1, -0.05) is 0 Å². The van der Waals surface area contributed by atoms with E-state index in [1.54, 1.807) is 30.1 Å². The molecule has 0 fully saturated rings. The van der Waals surface area contributed by atoms with E-state index in [9.17, 15) is 14.9 Å². The molecule has 0 aliphatic carbocycles. The van der Waals surface area contributed by atoms with Gasteiger partial charge in [0, 0.05) is 24.5 Å². The Morgan fingerprint density at radius 2 is 2.12 bits per heavy atom. The van der Waals surface area contributed by atoms with Crippen molar-refractivity contribution in [3.8, 4) is 11.5 Å². The lowest BCUT2D eigenvalue weighted by Crippen LogP contribution is -2.36. The molecular formula is C15H16N4O5. The van der Waals surface area contributed by atoms with Crippen LogP contribution in [0.5, 0.6) is 11.5 Å². The molecule has 2 aromatic rings. The first-order valence-electron chi connectivity index (χ1n) is 7.41. The molecule has 1 amide bonds. The van der Waals surface area contributed by atoms with Gasteiger partial charge in [0.2, 0.25) is 0 Å². The molecule has 0 saturated heterocycles. The molecule has 0 saturated carbocycles. The molecule has 1 aliphatic heterocycles. The number of carbonyl (C=O) groups excluding carboxylic acids is 1. The molecule has 24 heavy (non-hydrogen) atoms. The van der Waals surface area contributed by atoms with Crippen LogP contribution >= 0.6 is 0 Å². The van der Waals surface area contributed by atoms with Crippen LogP contribution in [0.1, 0.15) is 17.3 Å². The molecule has 1 atom stereocenters. The lowest BCUT2D eigenvalue weighted by atomic mass is 10.1. The fourth-order valence-electron chi connectivity index (χ4n) is 2.45. The SMILES string of the molecule is C[C@H](Cn1cccn1)NC(=O)c1cc2c(cc1[N+](=O)[O-])OCCO2. The van der Waals surface area contributed by atoms with E-state index in [0.29, 0.717) is 25.5 Å². The Bertz CT molecular complexity index is 759. The number of hydrogen-bond acceptors (Lipinski definition) is 6. The first-order chi connectivity index (χ1) is 11.5. The Labute approximate surface area is 137 Å². The summed E-state index contributed by atoms with van der Waals surface area (Å²) >= 11 is 0. The fraction of sp³-hybridized carbons (Fsp3) is 0.333. The number of fused-ring (bicyclic) bond motifs is 1. The number of aromatic nitrogens is 2. The molecule has 0 bridgehead atoms. The average Bonchev–Trinajstić information content (AvgIpc) is 3.06. The van der Waals surface area contributed by atoms with Crippen molar-refractivity contribution >= 4 is 11.6 Å².